The minimum Gasteiger partial charge on any atom is -0.496 e. The SMILES string of the molecule is COc1ccccc1CNC(=O)[C@H]1CCCN(C(=O)c2ccc(Cl)cc2)C1. The molecule has 0 bridgehead atoms. The van der Waals surface area contributed by atoms with Gasteiger partial charge in [-0.1, -0.05) is 29.8 Å². The summed E-state index contributed by atoms with van der Waals surface area (Å²) >= 11 is 5.89. The zero-order valence-corrected chi connectivity index (χ0v) is 16.0. The van der Waals surface area contributed by atoms with E-state index in [0.717, 1.165) is 24.2 Å². The Balaban J connectivity index is 1.59. The first-order valence-corrected chi connectivity index (χ1v) is 9.40. The fraction of sp³-hybridized carbons (Fsp3) is 0.333. The monoisotopic (exact) mass is 386 g/mol. The number of nitrogens with one attached hydrogen (secondary N) is 1. The lowest BCUT2D eigenvalue weighted by atomic mass is 9.96. The molecule has 0 radical (unpaired) electrons. The van der Waals surface area contributed by atoms with Gasteiger partial charge in [0.05, 0.1) is 13.0 Å². The minimum atomic E-state index is -0.204. The summed E-state index contributed by atoms with van der Waals surface area (Å²) in [6, 6.07) is 14.5. The van der Waals surface area contributed by atoms with Crippen LogP contribution in [0.25, 0.3) is 0 Å². The Hall–Kier alpha value is -2.53. The number of hydrogen-bond donors (Lipinski definition) is 1. The van der Waals surface area contributed by atoms with E-state index in [4.69, 9.17) is 16.3 Å². The van der Waals surface area contributed by atoms with Crippen LogP contribution in [0.3, 0.4) is 0 Å². The van der Waals surface area contributed by atoms with E-state index in [1.54, 1.807) is 36.3 Å². The fourth-order valence-corrected chi connectivity index (χ4v) is 3.45. The van der Waals surface area contributed by atoms with E-state index in [9.17, 15) is 9.59 Å². The van der Waals surface area contributed by atoms with Gasteiger partial charge in [0.15, 0.2) is 0 Å². The molecule has 1 N–H and O–H groups in total. The number of halogens is 1. The Kier molecular flexibility index (Phi) is 6.35. The quantitative estimate of drug-likeness (QED) is 0.855. The van der Waals surface area contributed by atoms with Crippen molar-refractivity contribution in [2.24, 2.45) is 5.92 Å². The van der Waals surface area contributed by atoms with E-state index >= 15 is 0 Å². The fourth-order valence-electron chi connectivity index (χ4n) is 3.33. The Bertz CT molecular complexity index is 807. The standard InChI is InChI=1S/C21H23ClN2O3/c1-27-19-7-3-2-5-16(19)13-23-20(25)17-6-4-12-24(14-17)21(26)15-8-10-18(22)11-9-15/h2-3,5,7-11,17H,4,6,12-14H2,1H3,(H,23,25)/t17-/m0/s1. The van der Waals surface area contributed by atoms with Crippen LogP contribution in [-0.2, 0) is 11.3 Å². The highest BCUT2D eigenvalue weighted by Gasteiger charge is 2.28. The van der Waals surface area contributed by atoms with Gasteiger partial charge >= 0.3 is 0 Å². The predicted molar refractivity (Wildman–Crippen MR) is 105 cm³/mol. The van der Waals surface area contributed by atoms with Gasteiger partial charge < -0.3 is 15.0 Å². The van der Waals surface area contributed by atoms with E-state index in [-0.39, 0.29) is 17.7 Å². The number of carbonyl (C=O) groups is 2. The molecule has 1 fully saturated rings. The third-order valence-electron chi connectivity index (χ3n) is 4.82. The molecular formula is C21H23ClN2O3. The smallest absolute Gasteiger partial charge is 0.253 e. The molecule has 0 saturated carbocycles. The van der Waals surface area contributed by atoms with Crippen LogP contribution in [0, 0.1) is 5.92 Å². The lowest BCUT2D eigenvalue weighted by Gasteiger charge is -2.32. The molecule has 2 aromatic rings. The van der Waals surface area contributed by atoms with Gasteiger partial charge in [0, 0.05) is 35.8 Å². The molecule has 0 spiro atoms. The summed E-state index contributed by atoms with van der Waals surface area (Å²) in [5, 5.41) is 3.57. The topological polar surface area (TPSA) is 58.6 Å². The molecule has 3 rings (SSSR count). The highest BCUT2D eigenvalue weighted by Crippen LogP contribution is 2.21. The number of piperidine rings is 1. The summed E-state index contributed by atoms with van der Waals surface area (Å²) in [4.78, 5) is 27.0. The number of hydrogen-bond acceptors (Lipinski definition) is 3. The molecule has 5 nitrogen and oxygen atoms in total. The number of nitrogens with zero attached hydrogens (tertiary/aromatic N) is 1. The van der Waals surface area contributed by atoms with Crippen LogP contribution >= 0.6 is 11.6 Å². The molecule has 1 aliphatic rings. The lowest BCUT2D eigenvalue weighted by molar-refractivity contribution is -0.126. The second-order valence-electron chi connectivity index (χ2n) is 6.63. The number of carbonyl (C=O) groups excluding carboxylic acids is 2. The number of rotatable bonds is 5. The van der Waals surface area contributed by atoms with Crippen molar-refractivity contribution in [3.8, 4) is 5.75 Å². The first kappa shape index (κ1) is 19.2. The molecule has 1 atom stereocenters. The maximum atomic E-state index is 12.7. The Morgan fingerprint density at radius 2 is 1.93 bits per heavy atom. The zero-order valence-electron chi connectivity index (χ0n) is 15.3. The second kappa shape index (κ2) is 8.91. The van der Waals surface area contributed by atoms with E-state index < -0.39 is 0 Å². The van der Waals surface area contributed by atoms with Gasteiger partial charge in [-0.15, -0.1) is 0 Å². The zero-order chi connectivity index (χ0) is 19.2. The molecule has 2 amide bonds. The Labute approximate surface area is 164 Å². The van der Waals surface area contributed by atoms with Crippen LogP contribution in [0.2, 0.25) is 5.02 Å². The van der Waals surface area contributed by atoms with Gasteiger partial charge in [-0.2, -0.15) is 0 Å². The largest absolute Gasteiger partial charge is 0.496 e. The van der Waals surface area contributed by atoms with E-state index in [2.05, 4.69) is 5.32 Å². The molecule has 0 aromatic heterocycles. The Morgan fingerprint density at radius 3 is 2.67 bits per heavy atom. The van der Waals surface area contributed by atoms with E-state index in [1.165, 1.54) is 0 Å². The van der Waals surface area contributed by atoms with Crippen molar-refractivity contribution in [1.82, 2.24) is 10.2 Å². The third kappa shape index (κ3) is 4.80. The average Bonchev–Trinajstić information content (AvgIpc) is 2.72. The van der Waals surface area contributed by atoms with Crippen molar-refractivity contribution in [3.05, 3.63) is 64.7 Å². The average molecular weight is 387 g/mol. The van der Waals surface area contributed by atoms with Gasteiger partial charge in [-0.25, -0.2) is 0 Å². The van der Waals surface area contributed by atoms with Crippen molar-refractivity contribution >= 4 is 23.4 Å². The molecule has 142 valence electrons. The first-order valence-electron chi connectivity index (χ1n) is 9.03. The molecule has 1 aliphatic heterocycles. The van der Waals surface area contributed by atoms with Crippen LogP contribution in [-0.4, -0.2) is 36.9 Å². The molecule has 2 aromatic carbocycles. The molecule has 27 heavy (non-hydrogen) atoms. The molecular weight excluding hydrogens is 364 g/mol. The van der Waals surface area contributed by atoms with Crippen molar-refractivity contribution in [2.45, 2.75) is 19.4 Å². The molecule has 1 saturated heterocycles. The highest BCUT2D eigenvalue weighted by atomic mass is 35.5. The van der Waals surface area contributed by atoms with Crippen molar-refractivity contribution in [3.63, 3.8) is 0 Å². The summed E-state index contributed by atoms with van der Waals surface area (Å²) in [6.07, 6.45) is 1.59. The molecule has 1 heterocycles. The van der Waals surface area contributed by atoms with Crippen LogP contribution in [0.5, 0.6) is 5.75 Å². The number of methoxy groups -OCH3 is 1. The molecule has 6 heteroatoms. The second-order valence-corrected chi connectivity index (χ2v) is 7.06. The molecule has 0 unspecified atom stereocenters. The highest BCUT2D eigenvalue weighted by molar-refractivity contribution is 6.30. The lowest BCUT2D eigenvalue weighted by Crippen LogP contribution is -2.45. The normalized spacial score (nSPS) is 16.7. The number of likely N-dealkylation sites (tertiary alicyclic amines) is 1. The summed E-state index contributed by atoms with van der Waals surface area (Å²) in [5.41, 5.74) is 1.52. The van der Waals surface area contributed by atoms with Crippen LogP contribution < -0.4 is 10.1 Å². The van der Waals surface area contributed by atoms with Crippen molar-refractivity contribution in [1.29, 1.82) is 0 Å². The summed E-state index contributed by atoms with van der Waals surface area (Å²) in [6.45, 7) is 1.50. The Morgan fingerprint density at radius 1 is 1.19 bits per heavy atom. The van der Waals surface area contributed by atoms with Gasteiger partial charge in [-0.3, -0.25) is 9.59 Å². The number of para-hydroxylation sites is 1. The summed E-state index contributed by atoms with van der Waals surface area (Å²) < 4.78 is 5.32. The molecule has 0 aliphatic carbocycles. The minimum absolute atomic E-state index is 0.0329. The van der Waals surface area contributed by atoms with Gasteiger partial charge in [0.1, 0.15) is 5.75 Å². The van der Waals surface area contributed by atoms with Crippen LogP contribution in [0.1, 0.15) is 28.8 Å². The number of ether oxygens (including phenoxy) is 1. The van der Waals surface area contributed by atoms with Gasteiger partial charge in [0.25, 0.3) is 5.91 Å². The first-order chi connectivity index (χ1) is 13.1. The number of benzene rings is 2. The van der Waals surface area contributed by atoms with E-state index in [1.807, 2.05) is 24.3 Å². The van der Waals surface area contributed by atoms with Gasteiger partial charge in [-0.05, 0) is 43.2 Å². The predicted octanol–water partition coefficient (Wildman–Crippen LogP) is 3.52. The van der Waals surface area contributed by atoms with E-state index in [0.29, 0.717) is 30.2 Å². The van der Waals surface area contributed by atoms with Crippen molar-refractivity contribution in [2.75, 3.05) is 20.2 Å². The van der Waals surface area contributed by atoms with Gasteiger partial charge in [0.2, 0.25) is 5.91 Å². The summed E-state index contributed by atoms with van der Waals surface area (Å²) in [5.74, 6) is 0.453. The number of amides is 2. The summed E-state index contributed by atoms with van der Waals surface area (Å²) in [7, 11) is 1.61. The van der Waals surface area contributed by atoms with Crippen molar-refractivity contribution < 1.29 is 14.3 Å². The maximum Gasteiger partial charge on any atom is 0.253 e. The third-order valence-corrected chi connectivity index (χ3v) is 5.07. The van der Waals surface area contributed by atoms with Crippen LogP contribution in [0.4, 0.5) is 0 Å². The maximum absolute atomic E-state index is 12.7. The van der Waals surface area contributed by atoms with Crippen LogP contribution in [0.15, 0.2) is 48.5 Å².